The summed E-state index contributed by atoms with van der Waals surface area (Å²) in [5.41, 5.74) is 3.60. The molecule has 1 aromatic heterocycles. The lowest BCUT2D eigenvalue weighted by Gasteiger charge is -2.30. The fourth-order valence-electron chi connectivity index (χ4n) is 2.88. The number of aromatic amines is 1. The maximum Gasteiger partial charge on any atom is 0.318 e. The van der Waals surface area contributed by atoms with E-state index in [0.717, 1.165) is 30.9 Å². The van der Waals surface area contributed by atoms with Crippen molar-refractivity contribution in [1.29, 1.82) is 0 Å². The minimum Gasteiger partial charge on any atom is -0.344 e. The van der Waals surface area contributed by atoms with E-state index >= 15 is 0 Å². The number of H-pyrrole nitrogens is 1. The summed E-state index contributed by atoms with van der Waals surface area (Å²) in [5, 5.41) is 3.09. The molecule has 0 radical (unpaired) electrons. The van der Waals surface area contributed by atoms with Crippen molar-refractivity contribution >= 4 is 6.03 Å². The fraction of sp³-hybridized carbons (Fsp3) is 0.412. The molecule has 1 aromatic carbocycles. The molecule has 1 atom stereocenters. The molecule has 1 aliphatic rings. The quantitative estimate of drug-likeness (QED) is 0.915. The van der Waals surface area contributed by atoms with E-state index in [9.17, 15) is 4.79 Å². The van der Waals surface area contributed by atoms with E-state index in [4.69, 9.17) is 0 Å². The summed E-state index contributed by atoms with van der Waals surface area (Å²) in [6, 6.07) is 8.24. The summed E-state index contributed by atoms with van der Waals surface area (Å²) < 4.78 is 0. The Morgan fingerprint density at radius 1 is 1.41 bits per heavy atom. The van der Waals surface area contributed by atoms with Gasteiger partial charge in [-0.2, -0.15) is 0 Å². The largest absolute Gasteiger partial charge is 0.344 e. The lowest BCUT2D eigenvalue weighted by Crippen LogP contribution is -2.44. The maximum absolute atomic E-state index is 12.5. The molecule has 1 aliphatic heterocycles. The lowest BCUT2D eigenvalue weighted by molar-refractivity contribution is 0.187. The number of fused-ring (bicyclic) bond motifs is 1. The van der Waals surface area contributed by atoms with Crippen LogP contribution in [0.4, 0.5) is 4.79 Å². The lowest BCUT2D eigenvalue weighted by atomic mass is 10.0. The van der Waals surface area contributed by atoms with Crippen LogP contribution in [-0.4, -0.2) is 27.4 Å². The Kier molecular flexibility index (Phi) is 4.13. The van der Waals surface area contributed by atoms with Gasteiger partial charge in [-0.25, -0.2) is 9.78 Å². The number of carbonyl (C=O) groups excluding carboxylic acids is 1. The number of hydrogen-bond acceptors (Lipinski definition) is 2. The summed E-state index contributed by atoms with van der Waals surface area (Å²) in [5.74, 6) is 0.825. The molecule has 0 saturated carbocycles. The molecule has 0 fully saturated rings. The topological polar surface area (TPSA) is 61.0 Å². The monoisotopic (exact) mass is 298 g/mol. The molecule has 2 heterocycles. The van der Waals surface area contributed by atoms with Gasteiger partial charge in [0.1, 0.15) is 5.82 Å². The van der Waals surface area contributed by atoms with Crippen molar-refractivity contribution < 1.29 is 4.79 Å². The number of nitrogens with zero attached hydrogens (tertiary/aromatic N) is 2. The summed E-state index contributed by atoms with van der Waals surface area (Å²) in [4.78, 5) is 21.9. The zero-order valence-corrected chi connectivity index (χ0v) is 13.1. The molecule has 116 valence electrons. The minimum absolute atomic E-state index is 0.0181. The molecule has 2 amide bonds. The molecule has 1 unspecified atom stereocenters. The third kappa shape index (κ3) is 2.98. The van der Waals surface area contributed by atoms with E-state index in [2.05, 4.69) is 33.5 Å². The third-order valence-corrected chi connectivity index (χ3v) is 4.18. The number of aromatic nitrogens is 2. The van der Waals surface area contributed by atoms with Crippen LogP contribution in [0.5, 0.6) is 0 Å². The normalized spacial score (nSPS) is 15.3. The van der Waals surface area contributed by atoms with Crippen LogP contribution in [0.3, 0.4) is 0 Å². The van der Waals surface area contributed by atoms with Gasteiger partial charge in [0.05, 0.1) is 6.04 Å². The molecule has 0 saturated heterocycles. The predicted molar refractivity (Wildman–Crippen MR) is 85.4 cm³/mol. The van der Waals surface area contributed by atoms with Crippen molar-refractivity contribution in [2.45, 2.75) is 39.3 Å². The molecule has 2 aromatic rings. The molecule has 0 aliphatic carbocycles. The van der Waals surface area contributed by atoms with E-state index in [1.807, 2.05) is 24.8 Å². The average Bonchev–Trinajstić information content (AvgIpc) is 2.98. The predicted octanol–water partition coefficient (Wildman–Crippen LogP) is 2.94. The van der Waals surface area contributed by atoms with Gasteiger partial charge in [0, 0.05) is 25.0 Å². The van der Waals surface area contributed by atoms with Crippen LogP contribution >= 0.6 is 0 Å². The van der Waals surface area contributed by atoms with Crippen molar-refractivity contribution in [3.63, 3.8) is 0 Å². The van der Waals surface area contributed by atoms with Crippen LogP contribution in [0.25, 0.3) is 0 Å². The van der Waals surface area contributed by atoms with E-state index in [-0.39, 0.29) is 12.1 Å². The number of carbonyl (C=O) groups is 1. The summed E-state index contributed by atoms with van der Waals surface area (Å²) in [6.07, 6.45) is 3.52. The second kappa shape index (κ2) is 6.22. The number of nitrogens with one attached hydrogen (secondary N) is 2. The first kappa shape index (κ1) is 14.6. The highest BCUT2D eigenvalue weighted by molar-refractivity contribution is 5.75. The van der Waals surface area contributed by atoms with Crippen LogP contribution < -0.4 is 5.32 Å². The minimum atomic E-state index is -0.0710. The molecular weight excluding hydrogens is 276 g/mol. The molecular formula is C17H22N4O. The van der Waals surface area contributed by atoms with Crippen LogP contribution in [0.15, 0.2) is 30.5 Å². The van der Waals surface area contributed by atoms with Gasteiger partial charge in [0.25, 0.3) is 0 Å². The SMILES string of the molecule is CCC(NC(=O)N1CCc2ccccc2C1)c1ncc(C)[nH]1. The second-order valence-electron chi connectivity index (χ2n) is 5.80. The average molecular weight is 298 g/mol. The number of benzene rings is 1. The van der Waals surface area contributed by atoms with Gasteiger partial charge in [0.15, 0.2) is 0 Å². The Bertz CT molecular complexity index is 664. The number of urea groups is 1. The van der Waals surface area contributed by atoms with Crippen LogP contribution in [0.2, 0.25) is 0 Å². The van der Waals surface area contributed by atoms with Crippen molar-refractivity contribution in [2.75, 3.05) is 6.54 Å². The Labute approximate surface area is 130 Å². The van der Waals surface area contributed by atoms with E-state index < -0.39 is 0 Å². The van der Waals surface area contributed by atoms with Gasteiger partial charge in [-0.3, -0.25) is 0 Å². The van der Waals surface area contributed by atoms with Gasteiger partial charge in [-0.15, -0.1) is 0 Å². The van der Waals surface area contributed by atoms with Gasteiger partial charge < -0.3 is 15.2 Å². The molecule has 3 rings (SSSR count). The number of hydrogen-bond donors (Lipinski definition) is 2. The molecule has 2 N–H and O–H groups in total. The maximum atomic E-state index is 12.5. The Balaban J connectivity index is 1.67. The van der Waals surface area contributed by atoms with E-state index in [0.29, 0.717) is 6.54 Å². The van der Waals surface area contributed by atoms with Gasteiger partial charge in [0.2, 0.25) is 0 Å². The summed E-state index contributed by atoms with van der Waals surface area (Å²) in [7, 11) is 0. The Hall–Kier alpha value is -2.30. The molecule has 5 nitrogen and oxygen atoms in total. The summed E-state index contributed by atoms with van der Waals surface area (Å²) >= 11 is 0. The molecule has 5 heteroatoms. The first-order valence-corrected chi connectivity index (χ1v) is 7.81. The fourth-order valence-corrected chi connectivity index (χ4v) is 2.88. The van der Waals surface area contributed by atoms with E-state index in [1.165, 1.54) is 11.1 Å². The van der Waals surface area contributed by atoms with Crippen molar-refractivity contribution in [1.82, 2.24) is 20.2 Å². The third-order valence-electron chi connectivity index (χ3n) is 4.18. The molecule has 22 heavy (non-hydrogen) atoms. The zero-order chi connectivity index (χ0) is 15.5. The second-order valence-corrected chi connectivity index (χ2v) is 5.80. The van der Waals surface area contributed by atoms with Crippen molar-refractivity contribution in [2.24, 2.45) is 0 Å². The van der Waals surface area contributed by atoms with Gasteiger partial charge >= 0.3 is 6.03 Å². The number of amides is 2. The zero-order valence-electron chi connectivity index (χ0n) is 13.1. The van der Waals surface area contributed by atoms with Crippen LogP contribution in [-0.2, 0) is 13.0 Å². The first-order chi connectivity index (χ1) is 10.7. The summed E-state index contributed by atoms with van der Waals surface area (Å²) in [6.45, 7) is 5.45. The van der Waals surface area contributed by atoms with Gasteiger partial charge in [-0.05, 0) is 30.9 Å². The molecule has 0 spiro atoms. The van der Waals surface area contributed by atoms with E-state index in [1.54, 1.807) is 6.20 Å². The number of rotatable bonds is 3. The van der Waals surface area contributed by atoms with Crippen LogP contribution in [0.1, 0.15) is 42.0 Å². The molecule has 0 bridgehead atoms. The Morgan fingerprint density at radius 2 is 2.18 bits per heavy atom. The smallest absolute Gasteiger partial charge is 0.318 e. The van der Waals surface area contributed by atoms with Crippen LogP contribution in [0, 0.1) is 6.92 Å². The van der Waals surface area contributed by atoms with Crippen molar-refractivity contribution in [3.05, 3.63) is 53.1 Å². The highest BCUT2D eigenvalue weighted by Crippen LogP contribution is 2.20. The first-order valence-electron chi connectivity index (χ1n) is 7.81. The Morgan fingerprint density at radius 3 is 2.86 bits per heavy atom. The number of aryl methyl sites for hydroxylation is 1. The van der Waals surface area contributed by atoms with Gasteiger partial charge in [-0.1, -0.05) is 31.2 Å². The standard InChI is InChI=1S/C17H22N4O/c1-3-15(16-18-10-12(2)19-16)20-17(22)21-9-8-13-6-4-5-7-14(13)11-21/h4-7,10,15H,3,8-9,11H2,1-2H3,(H,18,19)(H,20,22). The highest BCUT2D eigenvalue weighted by atomic mass is 16.2. The highest BCUT2D eigenvalue weighted by Gasteiger charge is 2.23. The van der Waals surface area contributed by atoms with Crippen molar-refractivity contribution in [3.8, 4) is 0 Å². The number of imidazole rings is 1.